The van der Waals surface area contributed by atoms with Crippen LogP contribution in [0.2, 0.25) is 18.1 Å². The van der Waals surface area contributed by atoms with Crippen molar-refractivity contribution >= 4 is 14.3 Å². The van der Waals surface area contributed by atoms with Crippen molar-refractivity contribution in [1.29, 1.82) is 0 Å². The number of hydrogen-bond acceptors (Lipinski definition) is 3. The summed E-state index contributed by atoms with van der Waals surface area (Å²) in [6.45, 7) is 11.9. The lowest BCUT2D eigenvalue weighted by molar-refractivity contribution is -0.142. The maximum Gasteiger partial charge on any atom is 0.329 e. The third-order valence-corrected chi connectivity index (χ3v) is 7.47. The van der Waals surface area contributed by atoms with Gasteiger partial charge in [0.15, 0.2) is 8.32 Å². The first-order valence-electron chi connectivity index (χ1n) is 5.60. The van der Waals surface area contributed by atoms with Gasteiger partial charge in [-0.15, -0.1) is 0 Å². The van der Waals surface area contributed by atoms with Gasteiger partial charge in [-0.1, -0.05) is 20.8 Å². The lowest BCUT2D eigenvalue weighted by Gasteiger charge is -2.36. The molecule has 0 fully saturated rings. The molecule has 0 saturated heterocycles. The molecule has 0 spiro atoms. The summed E-state index contributed by atoms with van der Waals surface area (Å²) in [6, 6.07) is 0. The second-order valence-electron chi connectivity index (χ2n) is 5.41. The minimum absolute atomic E-state index is 0.217. The summed E-state index contributed by atoms with van der Waals surface area (Å²) < 4.78 is 10.8. The number of rotatable bonds is 7. The SMILES string of the molecule is CC(C)(C)[Si](C)(C)OCCCOCC(=O)O. The molecular formula is C11H24O4Si. The van der Waals surface area contributed by atoms with Crippen molar-refractivity contribution in [2.75, 3.05) is 19.8 Å². The molecule has 0 radical (unpaired) electrons. The topological polar surface area (TPSA) is 55.8 Å². The summed E-state index contributed by atoms with van der Waals surface area (Å²) in [4.78, 5) is 10.2. The Morgan fingerprint density at radius 2 is 1.81 bits per heavy atom. The first-order valence-corrected chi connectivity index (χ1v) is 8.51. The van der Waals surface area contributed by atoms with E-state index in [2.05, 4.69) is 33.9 Å². The molecule has 0 amide bonds. The van der Waals surface area contributed by atoms with Crippen molar-refractivity contribution in [3.63, 3.8) is 0 Å². The molecule has 0 rings (SSSR count). The van der Waals surface area contributed by atoms with Gasteiger partial charge in [-0.2, -0.15) is 0 Å². The van der Waals surface area contributed by atoms with Crippen molar-refractivity contribution in [1.82, 2.24) is 0 Å². The monoisotopic (exact) mass is 248 g/mol. The van der Waals surface area contributed by atoms with Crippen LogP contribution in [0.4, 0.5) is 0 Å². The molecule has 0 aliphatic rings. The van der Waals surface area contributed by atoms with Crippen LogP contribution in [-0.2, 0) is 14.0 Å². The van der Waals surface area contributed by atoms with Crippen molar-refractivity contribution in [3.8, 4) is 0 Å². The van der Waals surface area contributed by atoms with E-state index in [4.69, 9.17) is 14.3 Å². The van der Waals surface area contributed by atoms with E-state index in [1.807, 2.05) is 0 Å². The van der Waals surface area contributed by atoms with Gasteiger partial charge < -0.3 is 14.3 Å². The van der Waals surface area contributed by atoms with Crippen LogP contribution in [0.1, 0.15) is 27.2 Å². The fourth-order valence-electron chi connectivity index (χ4n) is 0.864. The molecule has 0 aromatic rings. The summed E-state index contributed by atoms with van der Waals surface area (Å²) in [5.41, 5.74) is 0. The van der Waals surface area contributed by atoms with Gasteiger partial charge in [-0.05, 0) is 24.6 Å². The molecule has 0 aliphatic carbocycles. The van der Waals surface area contributed by atoms with Crippen LogP contribution >= 0.6 is 0 Å². The van der Waals surface area contributed by atoms with Crippen molar-refractivity contribution in [2.45, 2.75) is 45.3 Å². The molecule has 0 heterocycles. The number of carboxylic acids is 1. The van der Waals surface area contributed by atoms with Gasteiger partial charge in [0.25, 0.3) is 0 Å². The Balaban J connectivity index is 3.63. The van der Waals surface area contributed by atoms with Crippen LogP contribution in [0.5, 0.6) is 0 Å². The molecule has 0 bridgehead atoms. The Hall–Kier alpha value is -0.393. The number of carbonyl (C=O) groups is 1. The quantitative estimate of drug-likeness (QED) is 0.555. The Kier molecular flexibility index (Phi) is 6.21. The minimum atomic E-state index is -1.66. The highest BCUT2D eigenvalue weighted by Crippen LogP contribution is 2.36. The van der Waals surface area contributed by atoms with Gasteiger partial charge in [0.05, 0.1) is 0 Å². The molecule has 0 unspecified atom stereocenters. The fraction of sp³-hybridized carbons (Fsp3) is 0.909. The Morgan fingerprint density at radius 1 is 1.25 bits per heavy atom. The molecule has 0 aromatic heterocycles. The van der Waals surface area contributed by atoms with E-state index in [1.165, 1.54) is 0 Å². The molecule has 1 N–H and O–H groups in total. The number of carboxylic acid groups (broad SMARTS) is 1. The van der Waals surface area contributed by atoms with E-state index in [-0.39, 0.29) is 11.6 Å². The number of aliphatic carboxylic acids is 1. The maximum atomic E-state index is 10.2. The van der Waals surface area contributed by atoms with Crippen LogP contribution in [0.3, 0.4) is 0 Å². The van der Waals surface area contributed by atoms with Gasteiger partial charge in [-0.25, -0.2) is 4.79 Å². The first kappa shape index (κ1) is 15.6. The Morgan fingerprint density at radius 3 is 2.25 bits per heavy atom. The zero-order valence-corrected chi connectivity index (χ0v) is 12.0. The predicted molar refractivity (Wildman–Crippen MR) is 66.2 cm³/mol. The number of ether oxygens (including phenoxy) is 1. The molecule has 0 atom stereocenters. The summed E-state index contributed by atoms with van der Waals surface area (Å²) in [5, 5.41) is 8.57. The standard InChI is InChI=1S/C11H24O4Si/c1-11(2,3)16(4,5)15-8-6-7-14-9-10(12)13/h6-9H2,1-5H3,(H,12,13). The van der Waals surface area contributed by atoms with Crippen molar-refractivity contribution in [2.24, 2.45) is 0 Å². The van der Waals surface area contributed by atoms with E-state index >= 15 is 0 Å². The summed E-state index contributed by atoms with van der Waals surface area (Å²) in [5.74, 6) is -0.926. The largest absolute Gasteiger partial charge is 0.480 e. The maximum absolute atomic E-state index is 10.2. The zero-order valence-electron chi connectivity index (χ0n) is 11.0. The van der Waals surface area contributed by atoms with Crippen LogP contribution in [-0.4, -0.2) is 39.2 Å². The van der Waals surface area contributed by atoms with E-state index in [9.17, 15) is 4.79 Å². The Bertz CT molecular complexity index is 221. The number of hydrogen-bond donors (Lipinski definition) is 1. The average Bonchev–Trinajstić information content (AvgIpc) is 2.08. The van der Waals surface area contributed by atoms with Crippen LogP contribution in [0.25, 0.3) is 0 Å². The first-order chi connectivity index (χ1) is 7.17. The molecule has 4 nitrogen and oxygen atoms in total. The lowest BCUT2D eigenvalue weighted by Crippen LogP contribution is -2.41. The summed E-state index contributed by atoms with van der Waals surface area (Å²) >= 11 is 0. The molecule has 0 aliphatic heterocycles. The van der Waals surface area contributed by atoms with Gasteiger partial charge in [0.1, 0.15) is 6.61 Å². The fourth-order valence-corrected chi connectivity index (χ4v) is 1.95. The van der Waals surface area contributed by atoms with Gasteiger partial charge >= 0.3 is 5.97 Å². The van der Waals surface area contributed by atoms with E-state index in [0.29, 0.717) is 13.2 Å². The third kappa shape index (κ3) is 6.25. The molecule has 96 valence electrons. The summed E-state index contributed by atoms with van der Waals surface area (Å²) in [7, 11) is -1.66. The Labute approximate surface area is 99.1 Å². The smallest absolute Gasteiger partial charge is 0.329 e. The van der Waals surface area contributed by atoms with Crippen LogP contribution in [0.15, 0.2) is 0 Å². The van der Waals surface area contributed by atoms with E-state index in [0.717, 1.165) is 6.42 Å². The predicted octanol–water partition coefficient (Wildman–Crippen LogP) is 2.50. The normalized spacial score (nSPS) is 12.8. The van der Waals surface area contributed by atoms with Gasteiger partial charge in [0.2, 0.25) is 0 Å². The zero-order chi connectivity index (χ0) is 12.8. The van der Waals surface area contributed by atoms with E-state index < -0.39 is 14.3 Å². The van der Waals surface area contributed by atoms with Gasteiger partial charge in [-0.3, -0.25) is 0 Å². The molecule has 0 aromatic carbocycles. The third-order valence-electron chi connectivity index (χ3n) is 2.93. The molecular weight excluding hydrogens is 224 g/mol. The van der Waals surface area contributed by atoms with E-state index in [1.54, 1.807) is 0 Å². The van der Waals surface area contributed by atoms with Crippen LogP contribution < -0.4 is 0 Å². The van der Waals surface area contributed by atoms with Gasteiger partial charge in [0, 0.05) is 13.2 Å². The highest BCUT2D eigenvalue weighted by molar-refractivity contribution is 6.74. The molecule has 0 saturated carbocycles. The average molecular weight is 248 g/mol. The summed E-state index contributed by atoms with van der Waals surface area (Å²) in [6.07, 6.45) is 0.750. The van der Waals surface area contributed by atoms with Crippen molar-refractivity contribution < 1.29 is 19.1 Å². The lowest BCUT2D eigenvalue weighted by atomic mass is 10.2. The van der Waals surface area contributed by atoms with Crippen LogP contribution in [0, 0.1) is 0 Å². The second-order valence-corrected chi connectivity index (χ2v) is 10.2. The highest BCUT2D eigenvalue weighted by Gasteiger charge is 2.36. The highest BCUT2D eigenvalue weighted by atomic mass is 28.4. The van der Waals surface area contributed by atoms with Crippen molar-refractivity contribution in [3.05, 3.63) is 0 Å². The molecule has 16 heavy (non-hydrogen) atoms. The second kappa shape index (κ2) is 6.37. The molecule has 5 heteroatoms. The minimum Gasteiger partial charge on any atom is -0.480 e.